The number of Topliss-reactive ketones (excluding diaryl/α,β-unsaturated/α-hetero) is 1. The molecule has 0 unspecified atom stereocenters. The van der Waals surface area contributed by atoms with Crippen molar-refractivity contribution in [3.05, 3.63) is 76.4 Å². The summed E-state index contributed by atoms with van der Waals surface area (Å²) in [6.07, 6.45) is 3.56. The molecule has 1 heterocycles. The second kappa shape index (κ2) is 7.08. The van der Waals surface area contributed by atoms with E-state index in [1.54, 1.807) is 19.1 Å². The number of nitrogens with zero attached hydrogens (tertiary/aromatic N) is 1. The van der Waals surface area contributed by atoms with Gasteiger partial charge in [-0.2, -0.15) is 5.06 Å². The number of hydroxylamine groups is 2. The number of ketones is 2. The third-order valence-electron chi connectivity index (χ3n) is 7.78. The molecule has 1 fully saturated rings. The highest BCUT2D eigenvalue weighted by atomic mass is 16.5. The van der Waals surface area contributed by atoms with E-state index in [2.05, 4.69) is 0 Å². The largest absolute Gasteiger partial charge is 0.508 e. The summed E-state index contributed by atoms with van der Waals surface area (Å²) in [6, 6.07) is 10.8. The summed E-state index contributed by atoms with van der Waals surface area (Å²) in [5, 5.41) is 22.9. The Labute approximate surface area is 194 Å². The van der Waals surface area contributed by atoms with Crippen molar-refractivity contribution in [2.75, 3.05) is 0 Å². The molecule has 0 saturated carbocycles. The number of hydrogen-bond donors (Lipinski definition) is 2. The predicted octanol–water partition coefficient (Wildman–Crippen LogP) is 3.36. The third kappa shape index (κ3) is 2.61. The van der Waals surface area contributed by atoms with Crippen LogP contribution in [0.25, 0.3) is 10.8 Å². The number of phenols is 1. The SMILES string of the molecule is CC1=CC(=O)C2=C(C[C@@H]3C(=CC[C@@H]4C(=O)N(O)C(=O)[C@@H]43)[C@@H]2c2c(O)ccc3ccccc23)C1=O. The number of hydrogen-bond acceptors (Lipinski definition) is 6. The van der Waals surface area contributed by atoms with Crippen molar-refractivity contribution in [1.82, 2.24) is 5.06 Å². The molecule has 7 nitrogen and oxygen atoms in total. The van der Waals surface area contributed by atoms with Crippen LogP contribution in [0.5, 0.6) is 5.75 Å². The number of aromatic hydroxyl groups is 1. The minimum Gasteiger partial charge on any atom is -0.508 e. The second-order valence-corrected chi connectivity index (χ2v) is 9.44. The molecule has 0 spiro atoms. The van der Waals surface area contributed by atoms with Crippen LogP contribution >= 0.6 is 0 Å². The average Bonchev–Trinajstić information content (AvgIpc) is 3.05. The summed E-state index contributed by atoms with van der Waals surface area (Å²) in [6.45, 7) is 1.59. The summed E-state index contributed by atoms with van der Waals surface area (Å²) in [5.74, 6) is -4.70. The summed E-state index contributed by atoms with van der Waals surface area (Å²) in [4.78, 5) is 52.0. The van der Waals surface area contributed by atoms with Crippen molar-refractivity contribution in [2.45, 2.75) is 25.7 Å². The van der Waals surface area contributed by atoms with Gasteiger partial charge in [0.1, 0.15) is 5.75 Å². The first-order valence-corrected chi connectivity index (χ1v) is 11.3. The standard InChI is InChI=1S/C27H21NO6/c1-12-10-20(30)23-18(25(12)31)11-17-15(7-8-16-21(17)27(33)28(34)26(16)32)24(23)22-14-5-3-2-4-13(14)6-9-19(22)29/h2-7,9-10,16-17,21,24,29,34H,8,11H2,1H3/t16-,17+,21-,24+/m0/s1. The van der Waals surface area contributed by atoms with E-state index in [1.165, 1.54) is 6.08 Å². The first kappa shape index (κ1) is 20.7. The third-order valence-corrected chi connectivity index (χ3v) is 7.78. The molecule has 0 radical (unpaired) electrons. The number of carbonyl (C=O) groups excluding carboxylic acids is 4. The number of rotatable bonds is 1. The Balaban J connectivity index is 1.64. The molecule has 2 aromatic rings. The van der Waals surface area contributed by atoms with E-state index >= 15 is 0 Å². The molecule has 7 heteroatoms. The topological polar surface area (TPSA) is 112 Å². The van der Waals surface area contributed by atoms with Crippen molar-refractivity contribution >= 4 is 34.2 Å². The van der Waals surface area contributed by atoms with E-state index in [-0.39, 0.29) is 35.2 Å². The number of imide groups is 1. The van der Waals surface area contributed by atoms with Gasteiger partial charge in [0.15, 0.2) is 11.6 Å². The second-order valence-electron chi connectivity index (χ2n) is 9.44. The van der Waals surface area contributed by atoms with E-state index < -0.39 is 35.5 Å². The molecular formula is C27H21NO6. The number of benzene rings is 2. The minimum absolute atomic E-state index is 0.0108. The molecular weight excluding hydrogens is 434 g/mol. The quantitative estimate of drug-likeness (QED) is 0.295. The van der Waals surface area contributed by atoms with Gasteiger partial charge in [-0.25, -0.2) is 0 Å². The van der Waals surface area contributed by atoms with Gasteiger partial charge in [0.2, 0.25) is 0 Å². The summed E-state index contributed by atoms with van der Waals surface area (Å²) < 4.78 is 0. The molecule has 1 saturated heterocycles. The van der Waals surface area contributed by atoms with Crippen molar-refractivity contribution < 1.29 is 29.5 Å². The number of allylic oxidation sites excluding steroid dienone is 6. The molecule has 6 rings (SSSR count). The summed E-state index contributed by atoms with van der Waals surface area (Å²) in [7, 11) is 0. The van der Waals surface area contributed by atoms with Crippen LogP contribution in [0, 0.1) is 17.8 Å². The molecule has 0 aromatic heterocycles. The monoisotopic (exact) mass is 455 g/mol. The Morgan fingerprint density at radius 2 is 1.74 bits per heavy atom. The van der Waals surface area contributed by atoms with Crippen LogP contribution in [0.2, 0.25) is 0 Å². The van der Waals surface area contributed by atoms with Gasteiger partial charge in [0.05, 0.1) is 11.8 Å². The van der Waals surface area contributed by atoms with Crippen molar-refractivity contribution in [3.63, 3.8) is 0 Å². The van der Waals surface area contributed by atoms with Gasteiger partial charge >= 0.3 is 0 Å². The molecule has 170 valence electrons. The normalized spacial score (nSPS) is 28.6. The molecule has 0 bridgehead atoms. The minimum atomic E-state index is -0.819. The van der Waals surface area contributed by atoms with E-state index in [0.717, 1.165) is 16.3 Å². The highest BCUT2D eigenvalue weighted by molar-refractivity contribution is 6.24. The van der Waals surface area contributed by atoms with Crippen LogP contribution in [-0.4, -0.2) is 38.8 Å². The van der Waals surface area contributed by atoms with Crippen LogP contribution in [0.3, 0.4) is 0 Å². The smallest absolute Gasteiger partial charge is 0.257 e. The number of amides is 2. The molecule has 2 aromatic carbocycles. The van der Waals surface area contributed by atoms with Crippen LogP contribution in [0.15, 0.2) is 70.8 Å². The van der Waals surface area contributed by atoms with Gasteiger partial charge in [-0.1, -0.05) is 42.0 Å². The zero-order chi connectivity index (χ0) is 23.9. The van der Waals surface area contributed by atoms with Crippen molar-refractivity contribution in [1.29, 1.82) is 0 Å². The highest BCUT2D eigenvalue weighted by Gasteiger charge is 2.56. The van der Waals surface area contributed by atoms with Gasteiger partial charge in [-0.3, -0.25) is 24.4 Å². The van der Waals surface area contributed by atoms with E-state index in [4.69, 9.17) is 0 Å². The summed E-state index contributed by atoms with van der Waals surface area (Å²) in [5.41, 5.74) is 2.20. The zero-order valence-electron chi connectivity index (χ0n) is 18.3. The van der Waals surface area contributed by atoms with Crippen LogP contribution < -0.4 is 0 Å². The summed E-state index contributed by atoms with van der Waals surface area (Å²) >= 11 is 0. The molecule has 4 aliphatic rings. The Hall–Kier alpha value is -3.84. The molecule has 1 aliphatic heterocycles. The lowest BCUT2D eigenvalue weighted by Crippen LogP contribution is -2.39. The fourth-order valence-corrected chi connectivity index (χ4v) is 6.28. The van der Waals surface area contributed by atoms with Gasteiger partial charge in [0.25, 0.3) is 11.8 Å². The first-order chi connectivity index (χ1) is 16.3. The molecule has 2 N–H and O–H groups in total. The van der Waals surface area contributed by atoms with Gasteiger partial charge < -0.3 is 5.11 Å². The number of carbonyl (C=O) groups is 4. The maximum Gasteiger partial charge on any atom is 0.257 e. The van der Waals surface area contributed by atoms with Crippen LogP contribution in [-0.2, 0) is 19.2 Å². The molecule has 4 atom stereocenters. The Morgan fingerprint density at radius 1 is 0.971 bits per heavy atom. The molecule has 34 heavy (non-hydrogen) atoms. The predicted molar refractivity (Wildman–Crippen MR) is 121 cm³/mol. The van der Waals surface area contributed by atoms with E-state index in [9.17, 15) is 29.5 Å². The highest BCUT2D eigenvalue weighted by Crippen LogP contribution is 2.56. The Bertz CT molecular complexity index is 1440. The Kier molecular flexibility index (Phi) is 4.32. The zero-order valence-corrected chi connectivity index (χ0v) is 18.3. The van der Waals surface area contributed by atoms with Gasteiger partial charge in [0, 0.05) is 28.2 Å². The van der Waals surface area contributed by atoms with Crippen LogP contribution in [0.4, 0.5) is 0 Å². The maximum absolute atomic E-state index is 13.3. The van der Waals surface area contributed by atoms with E-state index in [1.807, 2.05) is 30.3 Å². The van der Waals surface area contributed by atoms with Crippen molar-refractivity contribution in [2.24, 2.45) is 17.8 Å². The van der Waals surface area contributed by atoms with Crippen LogP contribution in [0.1, 0.15) is 31.2 Å². The lowest BCUT2D eigenvalue weighted by atomic mass is 9.59. The molecule has 2 amide bonds. The number of fused-ring (bicyclic) bond motifs is 4. The average molecular weight is 455 g/mol. The van der Waals surface area contributed by atoms with Crippen molar-refractivity contribution in [3.8, 4) is 5.75 Å². The fourth-order valence-electron chi connectivity index (χ4n) is 6.28. The van der Waals surface area contributed by atoms with Gasteiger partial charge in [-0.15, -0.1) is 0 Å². The number of phenolic OH excluding ortho intramolecular Hbond substituents is 1. The van der Waals surface area contributed by atoms with E-state index in [0.29, 0.717) is 22.3 Å². The van der Waals surface area contributed by atoms with Gasteiger partial charge in [-0.05, 0) is 48.6 Å². The maximum atomic E-state index is 13.3. The lowest BCUT2D eigenvalue weighted by molar-refractivity contribution is -0.173. The fraction of sp³-hybridized carbons (Fsp3) is 0.259. The first-order valence-electron chi connectivity index (χ1n) is 11.3. The lowest BCUT2D eigenvalue weighted by Gasteiger charge is -2.42. The Morgan fingerprint density at radius 3 is 2.53 bits per heavy atom. The molecule has 3 aliphatic carbocycles.